The molecule has 0 radical (unpaired) electrons. The standard InChI is InChI=1S/C15H15Cl2NO3/c1-3-21-15(20)14-8(2)18-13(19)7-10(14)9-4-5-11(16)12(17)6-9/h4-6,10H,3,7H2,1-2H3,(H,18,19)/t10-/m0/s1. The molecule has 4 nitrogen and oxygen atoms in total. The molecule has 0 fully saturated rings. The molecule has 6 heteroatoms. The molecule has 0 unspecified atom stereocenters. The van der Waals surface area contributed by atoms with E-state index in [9.17, 15) is 9.59 Å². The molecule has 112 valence electrons. The van der Waals surface area contributed by atoms with Gasteiger partial charge in [0.05, 0.1) is 22.2 Å². The number of halogens is 2. The molecule has 1 aliphatic heterocycles. The highest BCUT2D eigenvalue weighted by atomic mass is 35.5. The Labute approximate surface area is 133 Å². The van der Waals surface area contributed by atoms with Crippen molar-refractivity contribution in [1.82, 2.24) is 5.32 Å². The fourth-order valence-electron chi connectivity index (χ4n) is 2.39. The molecule has 0 bridgehead atoms. The van der Waals surface area contributed by atoms with Crippen molar-refractivity contribution in [2.24, 2.45) is 0 Å². The van der Waals surface area contributed by atoms with Gasteiger partial charge in [0, 0.05) is 18.0 Å². The van der Waals surface area contributed by atoms with Crippen molar-refractivity contribution in [1.29, 1.82) is 0 Å². The minimum Gasteiger partial charge on any atom is -0.463 e. The number of amides is 1. The lowest BCUT2D eigenvalue weighted by Crippen LogP contribution is -2.34. The summed E-state index contributed by atoms with van der Waals surface area (Å²) in [5, 5.41) is 3.49. The Kier molecular flexibility index (Phi) is 4.91. The molecule has 1 aromatic rings. The number of hydrogen-bond donors (Lipinski definition) is 1. The smallest absolute Gasteiger partial charge is 0.336 e. The number of carbonyl (C=O) groups is 2. The summed E-state index contributed by atoms with van der Waals surface area (Å²) in [7, 11) is 0. The number of carbonyl (C=O) groups excluding carboxylic acids is 2. The minimum absolute atomic E-state index is 0.142. The molecule has 1 heterocycles. The van der Waals surface area contributed by atoms with E-state index < -0.39 is 5.97 Å². The molecule has 1 atom stereocenters. The first kappa shape index (κ1) is 15.9. The van der Waals surface area contributed by atoms with Crippen molar-refractivity contribution in [2.75, 3.05) is 6.61 Å². The van der Waals surface area contributed by atoms with Crippen molar-refractivity contribution in [3.63, 3.8) is 0 Å². The summed E-state index contributed by atoms with van der Waals surface area (Å²) < 4.78 is 5.09. The second kappa shape index (κ2) is 6.50. The lowest BCUT2D eigenvalue weighted by atomic mass is 9.84. The zero-order valence-corrected chi connectivity index (χ0v) is 13.2. The van der Waals surface area contributed by atoms with E-state index in [4.69, 9.17) is 27.9 Å². The topological polar surface area (TPSA) is 55.4 Å². The fourth-order valence-corrected chi connectivity index (χ4v) is 2.70. The van der Waals surface area contributed by atoms with Gasteiger partial charge in [-0.2, -0.15) is 0 Å². The Bertz CT molecular complexity index is 625. The number of benzene rings is 1. The summed E-state index contributed by atoms with van der Waals surface area (Å²) in [6, 6.07) is 5.10. The number of allylic oxidation sites excluding steroid dienone is 1. The van der Waals surface area contributed by atoms with E-state index >= 15 is 0 Å². The maximum absolute atomic E-state index is 12.2. The van der Waals surface area contributed by atoms with E-state index in [2.05, 4.69) is 5.32 Å². The molecule has 0 aliphatic carbocycles. The molecule has 0 spiro atoms. The van der Waals surface area contributed by atoms with Gasteiger partial charge in [-0.1, -0.05) is 29.3 Å². The third-order valence-electron chi connectivity index (χ3n) is 3.31. The molecule has 2 rings (SSSR count). The molecule has 0 saturated heterocycles. The third-order valence-corrected chi connectivity index (χ3v) is 4.05. The highest BCUT2D eigenvalue weighted by Crippen LogP contribution is 2.36. The monoisotopic (exact) mass is 327 g/mol. The van der Waals surface area contributed by atoms with E-state index in [1.807, 2.05) is 0 Å². The van der Waals surface area contributed by atoms with Gasteiger partial charge in [-0.05, 0) is 31.5 Å². The maximum Gasteiger partial charge on any atom is 0.336 e. The van der Waals surface area contributed by atoms with Crippen molar-refractivity contribution in [2.45, 2.75) is 26.2 Å². The largest absolute Gasteiger partial charge is 0.463 e. The van der Waals surface area contributed by atoms with Crippen molar-refractivity contribution < 1.29 is 14.3 Å². The normalized spacial score (nSPS) is 18.5. The van der Waals surface area contributed by atoms with Crippen LogP contribution in [0, 0.1) is 0 Å². The Morgan fingerprint density at radius 1 is 1.38 bits per heavy atom. The molecule has 0 saturated carbocycles. The summed E-state index contributed by atoms with van der Waals surface area (Å²) in [5.74, 6) is -0.949. The van der Waals surface area contributed by atoms with Gasteiger partial charge >= 0.3 is 5.97 Å². The zero-order valence-electron chi connectivity index (χ0n) is 11.7. The Hall–Kier alpha value is -1.52. The quantitative estimate of drug-likeness (QED) is 0.865. The second-order valence-corrected chi connectivity index (χ2v) is 5.55. The van der Waals surface area contributed by atoms with Crippen molar-refractivity contribution in [3.8, 4) is 0 Å². The van der Waals surface area contributed by atoms with Crippen LogP contribution in [0.1, 0.15) is 31.7 Å². The predicted octanol–water partition coefficient (Wildman–Crippen LogP) is 3.43. The number of hydrogen-bond acceptors (Lipinski definition) is 3. The van der Waals surface area contributed by atoms with E-state index in [0.717, 1.165) is 5.56 Å². The Balaban J connectivity index is 2.46. The molecule has 0 aromatic heterocycles. The third kappa shape index (κ3) is 3.39. The van der Waals surface area contributed by atoms with Crippen molar-refractivity contribution >= 4 is 35.1 Å². The van der Waals surface area contributed by atoms with E-state index in [1.54, 1.807) is 32.0 Å². The highest BCUT2D eigenvalue weighted by Gasteiger charge is 2.32. The van der Waals surface area contributed by atoms with Crippen LogP contribution in [0.4, 0.5) is 0 Å². The van der Waals surface area contributed by atoms with E-state index in [0.29, 0.717) is 21.3 Å². The second-order valence-electron chi connectivity index (χ2n) is 4.74. The first-order valence-electron chi connectivity index (χ1n) is 6.56. The van der Waals surface area contributed by atoms with Gasteiger partial charge in [0.2, 0.25) is 5.91 Å². The summed E-state index contributed by atoms with van der Waals surface area (Å²) in [6.07, 6.45) is 0.170. The number of esters is 1. The molecule has 21 heavy (non-hydrogen) atoms. The van der Waals surface area contributed by atoms with E-state index in [1.165, 1.54) is 0 Å². The van der Waals surface area contributed by atoms with Crippen molar-refractivity contribution in [3.05, 3.63) is 45.1 Å². The van der Waals surface area contributed by atoms with Gasteiger partial charge in [0.15, 0.2) is 0 Å². The number of rotatable bonds is 3. The number of nitrogens with one attached hydrogen (secondary N) is 1. The molecular formula is C15H15Cl2NO3. The first-order chi connectivity index (χ1) is 9.93. The van der Waals surface area contributed by atoms with Gasteiger partial charge in [0.25, 0.3) is 0 Å². The SMILES string of the molecule is CCOC(=O)C1=C(C)NC(=O)C[C@H]1c1ccc(Cl)c(Cl)c1. The predicted molar refractivity (Wildman–Crippen MR) is 81.3 cm³/mol. The molecule has 1 amide bonds. The highest BCUT2D eigenvalue weighted by molar-refractivity contribution is 6.42. The van der Waals surface area contributed by atoms with Crippen LogP contribution in [0.2, 0.25) is 10.0 Å². The van der Waals surface area contributed by atoms with Crippen LogP contribution in [0.5, 0.6) is 0 Å². The average Bonchev–Trinajstić information content (AvgIpc) is 2.41. The van der Waals surface area contributed by atoms with Gasteiger partial charge in [-0.25, -0.2) is 4.79 Å². The maximum atomic E-state index is 12.2. The Morgan fingerprint density at radius 3 is 2.71 bits per heavy atom. The molecule has 1 aliphatic rings. The summed E-state index contributed by atoms with van der Waals surface area (Å²) in [5.41, 5.74) is 1.73. The van der Waals surface area contributed by atoms with Crippen LogP contribution in [-0.4, -0.2) is 18.5 Å². The molecule has 1 N–H and O–H groups in total. The van der Waals surface area contributed by atoms with Crippen LogP contribution in [0.3, 0.4) is 0 Å². The number of ether oxygens (including phenoxy) is 1. The van der Waals surface area contributed by atoms with Crippen LogP contribution >= 0.6 is 23.2 Å². The lowest BCUT2D eigenvalue weighted by Gasteiger charge is -2.26. The van der Waals surface area contributed by atoms with Crippen LogP contribution < -0.4 is 5.32 Å². The van der Waals surface area contributed by atoms with E-state index in [-0.39, 0.29) is 24.9 Å². The zero-order chi connectivity index (χ0) is 15.6. The fraction of sp³-hybridized carbons (Fsp3) is 0.333. The molecule has 1 aromatic carbocycles. The summed E-state index contributed by atoms with van der Waals surface area (Å²) in [4.78, 5) is 23.9. The lowest BCUT2D eigenvalue weighted by molar-refractivity contribution is -0.139. The van der Waals surface area contributed by atoms with Crippen LogP contribution in [-0.2, 0) is 14.3 Å². The summed E-state index contributed by atoms with van der Waals surface area (Å²) in [6.45, 7) is 3.70. The molecular weight excluding hydrogens is 313 g/mol. The van der Waals surface area contributed by atoms with Gasteiger partial charge in [-0.15, -0.1) is 0 Å². The average molecular weight is 328 g/mol. The first-order valence-corrected chi connectivity index (χ1v) is 7.32. The summed E-state index contributed by atoms with van der Waals surface area (Å²) >= 11 is 11.9. The Morgan fingerprint density at radius 2 is 2.10 bits per heavy atom. The van der Waals surface area contributed by atoms with Crippen LogP contribution in [0.15, 0.2) is 29.5 Å². The van der Waals surface area contributed by atoms with Crippen LogP contribution in [0.25, 0.3) is 0 Å². The van der Waals surface area contributed by atoms with Gasteiger partial charge < -0.3 is 10.1 Å². The van der Waals surface area contributed by atoms with Gasteiger partial charge in [-0.3, -0.25) is 4.79 Å². The van der Waals surface area contributed by atoms with Gasteiger partial charge in [0.1, 0.15) is 0 Å². The minimum atomic E-state index is -0.425.